The number of nitrogens with one attached hydrogen (secondary N) is 2. The molecule has 3 aromatic rings. The highest BCUT2D eigenvalue weighted by Gasteiger charge is 2.37. The van der Waals surface area contributed by atoms with Crippen molar-refractivity contribution in [2.45, 2.75) is 82.6 Å². The minimum Gasteiger partial charge on any atom is -0.393 e. The molecule has 35 heavy (non-hydrogen) atoms. The Kier molecular flexibility index (Phi) is 6.35. The van der Waals surface area contributed by atoms with Crippen LogP contribution in [-0.4, -0.2) is 47.5 Å². The number of nitrogens with zero attached hydrogens (tertiary/aromatic N) is 4. The highest BCUT2D eigenvalue weighted by atomic mass is 19.1. The third-order valence-corrected chi connectivity index (χ3v) is 7.41. The van der Waals surface area contributed by atoms with Crippen LogP contribution in [0.2, 0.25) is 0 Å². The van der Waals surface area contributed by atoms with E-state index in [1.165, 1.54) is 12.1 Å². The first-order valence-corrected chi connectivity index (χ1v) is 12.3. The van der Waals surface area contributed by atoms with E-state index in [-0.39, 0.29) is 29.8 Å². The van der Waals surface area contributed by atoms with Crippen molar-refractivity contribution in [3.8, 4) is 0 Å². The number of benzene rings is 1. The molecule has 0 aliphatic heterocycles. The van der Waals surface area contributed by atoms with Crippen molar-refractivity contribution >= 4 is 28.7 Å². The van der Waals surface area contributed by atoms with E-state index in [0.29, 0.717) is 23.1 Å². The molecule has 2 saturated carbocycles. The Bertz CT molecular complexity index is 1200. The fourth-order valence-electron chi connectivity index (χ4n) is 5.34. The summed E-state index contributed by atoms with van der Waals surface area (Å²) in [5.74, 6) is -0.372. The summed E-state index contributed by atoms with van der Waals surface area (Å²) in [5, 5.41) is 26.8. The van der Waals surface area contributed by atoms with Crippen LogP contribution < -0.4 is 10.6 Å². The van der Waals surface area contributed by atoms with Gasteiger partial charge in [-0.05, 0) is 76.8 Å². The van der Waals surface area contributed by atoms with Gasteiger partial charge in [-0.25, -0.2) is 18.7 Å². The number of rotatable bonds is 6. The highest BCUT2D eigenvalue weighted by molar-refractivity contribution is 5.76. The predicted molar refractivity (Wildman–Crippen MR) is 130 cm³/mol. The Labute approximate surface area is 202 Å². The van der Waals surface area contributed by atoms with Gasteiger partial charge in [-0.2, -0.15) is 4.98 Å². The van der Waals surface area contributed by atoms with E-state index >= 15 is 0 Å². The molecular formula is C25H32F2N6O2. The topological polar surface area (TPSA) is 108 Å². The zero-order valence-corrected chi connectivity index (χ0v) is 20.0. The number of anilines is 3. The van der Waals surface area contributed by atoms with Crippen molar-refractivity contribution in [2.24, 2.45) is 5.92 Å². The smallest absolute Gasteiger partial charge is 0.224 e. The number of hydrogen-bond acceptors (Lipinski definition) is 7. The highest BCUT2D eigenvalue weighted by Crippen LogP contribution is 2.43. The Morgan fingerprint density at radius 1 is 1.06 bits per heavy atom. The van der Waals surface area contributed by atoms with Crippen molar-refractivity contribution in [2.75, 3.05) is 10.6 Å². The molecule has 2 aliphatic rings. The zero-order chi connectivity index (χ0) is 24.7. The van der Waals surface area contributed by atoms with E-state index < -0.39 is 17.2 Å². The Morgan fingerprint density at radius 2 is 1.83 bits per heavy atom. The number of aromatic nitrogens is 4. The molecule has 2 atom stereocenters. The van der Waals surface area contributed by atoms with Gasteiger partial charge in [0.1, 0.15) is 17.2 Å². The first-order chi connectivity index (χ1) is 16.7. The molecule has 8 nitrogen and oxygen atoms in total. The lowest BCUT2D eigenvalue weighted by Crippen LogP contribution is -2.29. The molecular weight excluding hydrogens is 454 g/mol. The molecule has 4 N–H and O–H groups in total. The lowest BCUT2D eigenvalue weighted by molar-refractivity contribution is 0.0186. The van der Waals surface area contributed by atoms with Crippen LogP contribution in [-0.2, 0) is 0 Å². The van der Waals surface area contributed by atoms with Gasteiger partial charge in [0.15, 0.2) is 5.65 Å². The van der Waals surface area contributed by atoms with Gasteiger partial charge in [-0.15, -0.1) is 0 Å². The van der Waals surface area contributed by atoms with Crippen LogP contribution in [0.4, 0.5) is 26.4 Å². The maximum Gasteiger partial charge on any atom is 0.224 e. The van der Waals surface area contributed by atoms with Crippen LogP contribution in [0, 0.1) is 17.6 Å². The number of aliphatic hydroxyl groups is 2. The molecule has 1 unspecified atom stereocenters. The monoisotopic (exact) mass is 486 g/mol. The summed E-state index contributed by atoms with van der Waals surface area (Å²) in [6.07, 6.45) is 6.96. The molecule has 10 heteroatoms. The second-order valence-corrected chi connectivity index (χ2v) is 10.4. The Hall–Kier alpha value is -2.85. The average Bonchev–Trinajstić information content (AvgIpc) is 3.41. The van der Waals surface area contributed by atoms with Crippen molar-refractivity contribution < 1.29 is 19.0 Å². The molecule has 0 spiro atoms. The lowest BCUT2D eigenvalue weighted by atomic mass is 9.89. The Balaban J connectivity index is 1.50. The van der Waals surface area contributed by atoms with Gasteiger partial charge in [0.25, 0.3) is 0 Å². The molecule has 0 saturated heterocycles. The maximum absolute atomic E-state index is 14.4. The number of imidazole rings is 1. The number of fused-ring (bicyclic) bond motifs is 1. The van der Waals surface area contributed by atoms with Gasteiger partial charge < -0.3 is 20.8 Å². The van der Waals surface area contributed by atoms with Gasteiger partial charge >= 0.3 is 0 Å². The summed E-state index contributed by atoms with van der Waals surface area (Å²) in [5.41, 5.74) is 0.484. The first kappa shape index (κ1) is 23.9. The van der Waals surface area contributed by atoms with Gasteiger partial charge in [0.2, 0.25) is 11.9 Å². The van der Waals surface area contributed by atoms with Crippen LogP contribution in [0.3, 0.4) is 0 Å². The minimum atomic E-state index is -0.810. The van der Waals surface area contributed by atoms with Crippen LogP contribution in [0.25, 0.3) is 11.2 Å². The van der Waals surface area contributed by atoms with Gasteiger partial charge in [-0.3, -0.25) is 4.57 Å². The fourth-order valence-corrected chi connectivity index (χ4v) is 5.34. The average molecular weight is 487 g/mol. The van der Waals surface area contributed by atoms with Gasteiger partial charge in [-0.1, -0.05) is 0 Å². The first-order valence-electron chi connectivity index (χ1n) is 12.3. The van der Waals surface area contributed by atoms with E-state index in [4.69, 9.17) is 4.98 Å². The summed E-state index contributed by atoms with van der Waals surface area (Å²) in [6.45, 7) is 3.65. The van der Waals surface area contributed by atoms with Crippen LogP contribution in [0.1, 0.15) is 64.8 Å². The third kappa shape index (κ3) is 5.08. The van der Waals surface area contributed by atoms with Crippen molar-refractivity contribution in [1.82, 2.24) is 19.5 Å². The molecule has 2 aliphatic carbocycles. The molecule has 5 rings (SSSR count). The fraction of sp³-hybridized carbons (Fsp3) is 0.560. The second-order valence-electron chi connectivity index (χ2n) is 10.4. The van der Waals surface area contributed by atoms with Crippen molar-refractivity contribution in [3.05, 3.63) is 36.0 Å². The minimum absolute atomic E-state index is 0.00462. The normalized spacial score (nSPS) is 25.2. The molecule has 2 aromatic heterocycles. The summed E-state index contributed by atoms with van der Waals surface area (Å²) < 4.78 is 29.8. The Morgan fingerprint density at radius 3 is 2.51 bits per heavy atom. The van der Waals surface area contributed by atoms with E-state index in [1.807, 2.05) is 18.4 Å². The SMILES string of the molecule is CC(C)(O)[C@@H]1CCC(n2c(Nc3ccc(F)cc3F)nc3cnc(N[C@H]4CC[C@H](O)CC4)nc32)C1. The van der Waals surface area contributed by atoms with Gasteiger partial charge in [0.05, 0.1) is 23.6 Å². The molecule has 188 valence electrons. The molecule has 2 fully saturated rings. The van der Waals surface area contributed by atoms with Crippen LogP contribution in [0.5, 0.6) is 0 Å². The van der Waals surface area contributed by atoms with E-state index in [9.17, 15) is 19.0 Å². The summed E-state index contributed by atoms with van der Waals surface area (Å²) in [6, 6.07) is 3.55. The number of aliphatic hydroxyl groups excluding tert-OH is 1. The van der Waals surface area contributed by atoms with Crippen LogP contribution in [0.15, 0.2) is 24.4 Å². The van der Waals surface area contributed by atoms with E-state index in [0.717, 1.165) is 51.0 Å². The summed E-state index contributed by atoms with van der Waals surface area (Å²) in [7, 11) is 0. The number of halogens is 2. The quantitative estimate of drug-likeness (QED) is 0.401. The molecule has 2 heterocycles. The maximum atomic E-state index is 14.4. The second kappa shape index (κ2) is 9.31. The van der Waals surface area contributed by atoms with E-state index in [2.05, 4.69) is 20.6 Å². The van der Waals surface area contributed by atoms with E-state index in [1.54, 1.807) is 6.20 Å². The zero-order valence-electron chi connectivity index (χ0n) is 20.0. The van der Waals surface area contributed by atoms with Crippen molar-refractivity contribution in [3.63, 3.8) is 0 Å². The largest absolute Gasteiger partial charge is 0.393 e. The molecule has 0 radical (unpaired) electrons. The number of hydrogen-bond donors (Lipinski definition) is 4. The van der Waals surface area contributed by atoms with Crippen molar-refractivity contribution in [1.29, 1.82) is 0 Å². The summed E-state index contributed by atoms with van der Waals surface area (Å²) >= 11 is 0. The standard InChI is InChI=1S/C25H32F2N6O2/c1-25(2,35)14-3-7-17(11-14)33-22-21(31-24(33)30-20-10-4-15(26)12-19(20)27)13-28-23(32-22)29-16-5-8-18(34)9-6-16/h4,10,12-14,16-18,34-35H,3,5-9,11H2,1-2H3,(H,30,31)(H,28,29,32)/t14-,16-,17?,18-/m1/s1. The summed E-state index contributed by atoms with van der Waals surface area (Å²) in [4.78, 5) is 13.9. The molecule has 1 aromatic carbocycles. The molecule has 0 bridgehead atoms. The lowest BCUT2D eigenvalue weighted by Gasteiger charge is -2.26. The van der Waals surface area contributed by atoms with Crippen LogP contribution >= 0.6 is 0 Å². The predicted octanol–water partition coefficient (Wildman–Crippen LogP) is 4.68. The van der Waals surface area contributed by atoms with Gasteiger partial charge in [0, 0.05) is 18.2 Å². The molecule has 0 amide bonds. The third-order valence-electron chi connectivity index (χ3n) is 7.41.